The summed E-state index contributed by atoms with van der Waals surface area (Å²) in [6, 6.07) is 5.86. The number of alkyl halides is 1. The molecule has 0 fully saturated rings. The average molecular weight is 217 g/mol. The lowest BCUT2D eigenvalue weighted by molar-refractivity contribution is -0.377. The van der Waals surface area contributed by atoms with E-state index in [4.69, 9.17) is 0 Å². The third kappa shape index (κ3) is 9.63. The molecule has 62 valence electrons. The van der Waals surface area contributed by atoms with Crippen LogP contribution in [-0.2, 0) is 0 Å². The minimum atomic E-state index is 1.16. The van der Waals surface area contributed by atoms with Crippen molar-refractivity contribution in [3.63, 3.8) is 0 Å². The Bertz CT molecular complexity index is 113. The van der Waals surface area contributed by atoms with Gasteiger partial charge in [-0.05, 0) is 6.42 Å². The third-order valence-electron chi connectivity index (χ3n) is 1.09. The fourth-order valence-corrected chi connectivity index (χ4v) is 1.04. The Morgan fingerprint density at radius 2 is 1.82 bits per heavy atom. The number of hydrogen-bond donors (Lipinski definition) is 0. The van der Waals surface area contributed by atoms with E-state index in [1.54, 1.807) is 0 Å². The van der Waals surface area contributed by atoms with E-state index >= 15 is 0 Å². The predicted molar refractivity (Wildman–Crippen MR) is 51.7 cm³/mol. The number of unbranched alkanes of at least 4 members (excludes halogenated alkanes) is 1. The van der Waals surface area contributed by atoms with E-state index in [-0.39, 0.29) is 0 Å². The van der Waals surface area contributed by atoms with Gasteiger partial charge in [-0.2, -0.15) is 0 Å². The molecule has 0 amide bonds. The van der Waals surface area contributed by atoms with Crippen molar-refractivity contribution in [2.24, 2.45) is 0 Å². The molecule has 0 aromatic carbocycles. The second-order valence-electron chi connectivity index (χ2n) is 2.12. The molecule has 0 aliphatic carbocycles. The van der Waals surface area contributed by atoms with Crippen LogP contribution in [0.25, 0.3) is 0 Å². The van der Waals surface area contributed by atoms with E-state index < -0.39 is 0 Å². The number of hydrogen-bond acceptors (Lipinski definition) is 0. The molecular formula is C9H15BrN+. The molecule has 0 unspecified atom stereocenters. The maximum Gasteiger partial charge on any atom is 0.166 e. The molecule has 1 aromatic rings. The van der Waals surface area contributed by atoms with E-state index in [2.05, 4.69) is 27.8 Å². The maximum absolute atomic E-state index is 3.31. The summed E-state index contributed by atoms with van der Waals surface area (Å²) in [5, 5.41) is 1.16. The molecule has 0 atom stereocenters. The second kappa shape index (κ2) is 9.63. The van der Waals surface area contributed by atoms with Crippen molar-refractivity contribution >= 4 is 15.9 Å². The number of aromatic nitrogens is 1. The number of pyridine rings is 1. The molecule has 0 radical (unpaired) electrons. The highest BCUT2D eigenvalue weighted by Crippen LogP contribution is 1.89. The minimum Gasteiger partial charge on any atom is -0.218 e. The van der Waals surface area contributed by atoms with E-state index in [0.717, 1.165) is 5.33 Å². The number of nitrogens with one attached hydrogen (secondary N) is 1. The average Bonchev–Trinajstić information content (AvgIpc) is 2.10. The first-order chi connectivity index (χ1) is 5.41. The molecule has 0 aliphatic rings. The van der Waals surface area contributed by atoms with Crippen LogP contribution in [-0.4, -0.2) is 5.33 Å². The van der Waals surface area contributed by atoms with Gasteiger partial charge in [0.25, 0.3) is 0 Å². The van der Waals surface area contributed by atoms with Crippen LogP contribution in [0.1, 0.15) is 19.8 Å². The first kappa shape index (κ1) is 10.6. The highest BCUT2D eigenvalue weighted by molar-refractivity contribution is 9.09. The van der Waals surface area contributed by atoms with Crippen LogP contribution >= 0.6 is 15.9 Å². The van der Waals surface area contributed by atoms with Crippen molar-refractivity contribution in [3.8, 4) is 0 Å². The second-order valence-corrected chi connectivity index (χ2v) is 2.91. The van der Waals surface area contributed by atoms with E-state index in [0.29, 0.717) is 0 Å². The molecule has 11 heavy (non-hydrogen) atoms. The van der Waals surface area contributed by atoms with Gasteiger partial charge in [0.1, 0.15) is 0 Å². The van der Waals surface area contributed by atoms with Crippen LogP contribution in [0.15, 0.2) is 30.6 Å². The first-order valence-corrected chi connectivity index (χ1v) is 5.01. The number of rotatable bonds is 2. The van der Waals surface area contributed by atoms with Gasteiger partial charge < -0.3 is 0 Å². The maximum atomic E-state index is 3.31. The largest absolute Gasteiger partial charge is 0.218 e. The molecular weight excluding hydrogens is 202 g/mol. The quantitative estimate of drug-likeness (QED) is 0.676. The molecule has 2 heteroatoms. The predicted octanol–water partition coefficient (Wildman–Crippen LogP) is 2.68. The van der Waals surface area contributed by atoms with Gasteiger partial charge in [-0.25, -0.2) is 4.98 Å². The summed E-state index contributed by atoms with van der Waals surface area (Å²) in [6.45, 7) is 2.18. The Hall–Kier alpha value is -0.370. The van der Waals surface area contributed by atoms with Crippen LogP contribution < -0.4 is 4.98 Å². The summed E-state index contributed by atoms with van der Waals surface area (Å²) in [5.74, 6) is 0. The third-order valence-corrected chi connectivity index (χ3v) is 1.66. The number of aromatic amines is 1. The molecule has 0 saturated heterocycles. The zero-order valence-electron chi connectivity index (χ0n) is 6.89. The Balaban J connectivity index is 0.000000187. The normalized spacial score (nSPS) is 8.18. The van der Waals surface area contributed by atoms with Crippen molar-refractivity contribution in [1.29, 1.82) is 0 Å². The van der Waals surface area contributed by atoms with Gasteiger partial charge in [0.2, 0.25) is 0 Å². The number of H-pyrrole nitrogens is 1. The van der Waals surface area contributed by atoms with Gasteiger partial charge in [-0.15, -0.1) is 0 Å². The summed E-state index contributed by atoms with van der Waals surface area (Å²) in [7, 11) is 0. The standard InChI is InChI=1S/C5H5N.C4H9Br/c1-2-4-6-5-3-1;1-2-3-4-5/h1-5H;2-4H2,1H3/p+1. The highest BCUT2D eigenvalue weighted by atomic mass is 79.9. The molecule has 1 aromatic heterocycles. The molecule has 1 nitrogen and oxygen atoms in total. The van der Waals surface area contributed by atoms with Crippen LogP contribution in [0, 0.1) is 0 Å². The summed E-state index contributed by atoms with van der Waals surface area (Å²) in [4.78, 5) is 2.89. The van der Waals surface area contributed by atoms with Gasteiger partial charge in [0, 0.05) is 17.5 Å². The summed E-state index contributed by atoms with van der Waals surface area (Å²) < 4.78 is 0. The van der Waals surface area contributed by atoms with Gasteiger partial charge >= 0.3 is 0 Å². The SMILES string of the molecule is CCCCBr.c1cc[nH+]cc1. The van der Waals surface area contributed by atoms with Crippen molar-refractivity contribution < 1.29 is 4.98 Å². The lowest BCUT2D eigenvalue weighted by Gasteiger charge is -1.77. The fraction of sp³-hybridized carbons (Fsp3) is 0.444. The fourth-order valence-electron chi connectivity index (χ4n) is 0.476. The highest BCUT2D eigenvalue weighted by Gasteiger charge is 1.69. The Morgan fingerprint density at radius 3 is 1.91 bits per heavy atom. The summed E-state index contributed by atoms with van der Waals surface area (Å²) in [6.07, 6.45) is 6.35. The molecule has 0 aliphatic heterocycles. The first-order valence-electron chi connectivity index (χ1n) is 3.89. The lowest BCUT2D eigenvalue weighted by atomic mass is 10.4. The Kier molecular flexibility index (Phi) is 9.31. The topological polar surface area (TPSA) is 14.1 Å². The van der Waals surface area contributed by atoms with Gasteiger partial charge in [0.15, 0.2) is 12.4 Å². The Morgan fingerprint density at radius 1 is 1.18 bits per heavy atom. The monoisotopic (exact) mass is 216 g/mol. The van der Waals surface area contributed by atoms with Crippen LogP contribution in [0.4, 0.5) is 0 Å². The van der Waals surface area contributed by atoms with E-state index in [9.17, 15) is 0 Å². The van der Waals surface area contributed by atoms with Crippen LogP contribution in [0.3, 0.4) is 0 Å². The molecule has 1 rings (SSSR count). The minimum absolute atomic E-state index is 1.16. The van der Waals surface area contributed by atoms with Gasteiger partial charge in [-0.3, -0.25) is 0 Å². The van der Waals surface area contributed by atoms with Gasteiger partial charge in [-0.1, -0.05) is 35.3 Å². The van der Waals surface area contributed by atoms with E-state index in [1.807, 2.05) is 30.6 Å². The van der Waals surface area contributed by atoms with Crippen molar-refractivity contribution in [2.45, 2.75) is 19.8 Å². The molecule has 1 N–H and O–H groups in total. The molecule has 0 bridgehead atoms. The molecule has 0 spiro atoms. The Labute approximate surface area is 77.0 Å². The zero-order chi connectivity index (χ0) is 8.36. The number of halogens is 1. The van der Waals surface area contributed by atoms with Crippen molar-refractivity contribution in [2.75, 3.05) is 5.33 Å². The summed E-state index contributed by atoms with van der Waals surface area (Å²) in [5.41, 5.74) is 0. The van der Waals surface area contributed by atoms with Crippen molar-refractivity contribution in [1.82, 2.24) is 0 Å². The smallest absolute Gasteiger partial charge is 0.166 e. The zero-order valence-corrected chi connectivity index (χ0v) is 8.47. The van der Waals surface area contributed by atoms with E-state index in [1.165, 1.54) is 12.8 Å². The van der Waals surface area contributed by atoms with Crippen LogP contribution in [0.2, 0.25) is 0 Å². The molecule has 1 heterocycles. The summed E-state index contributed by atoms with van der Waals surface area (Å²) >= 11 is 3.31. The van der Waals surface area contributed by atoms with Crippen molar-refractivity contribution in [3.05, 3.63) is 30.6 Å². The molecule has 0 saturated carbocycles. The van der Waals surface area contributed by atoms with Crippen LogP contribution in [0.5, 0.6) is 0 Å². The lowest BCUT2D eigenvalue weighted by Crippen LogP contribution is -1.93. The van der Waals surface area contributed by atoms with Gasteiger partial charge in [0.05, 0.1) is 0 Å².